The van der Waals surface area contributed by atoms with Gasteiger partial charge < -0.3 is 10.6 Å². The Balaban J connectivity index is 1.93. The van der Waals surface area contributed by atoms with E-state index in [1.54, 1.807) is 0 Å². The van der Waals surface area contributed by atoms with Crippen molar-refractivity contribution < 1.29 is 9.18 Å². The molecule has 0 radical (unpaired) electrons. The van der Waals surface area contributed by atoms with Crippen molar-refractivity contribution in [2.24, 2.45) is 0 Å². The minimum Gasteiger partial charge on any atom is -0.334 e. The Kier molecular flexibility index (Phi) is 5.53. The molecule has 0 saturated heterocycles. The zero-order valence-corrected chi connectivity index (χ0v) is 14.0. The number of rotatable bonds is 5. The molecule has 0 atom stereocenters. The van der Waals surface area contributed by atoms with Crippen LogP contribution in [-0.4, -0.2) is 15.8 Å². The molecule has 0 saturated carbocycles. The SMILES string of the molecule is CCn1nc(C)c(CNC(=O)NCc2cc(C#N)ccc2F)c1C. The molecule has 0 aliphatic rings. The highest BCUT2D eigenvalue weighted by Gasteiger charge is 2.12. The number of carbonyl (C=O) groups is 1. The van der Waals surface area contributed by atoms with Gasteiger partial charge >= 0.3 is 6.03 Å². The van der Waals surface area contributed by atoms with E-state index < -0.39 is 11.8 Å². The van der Waals surface area contributed by atoms with Gasteiger partial charge in [0.05, 0.1) is 17.3 Å². The third-order valence-electron chi connectivity index (χ3n) is 3.87. The minimum absolute atomic E-state index is 0.0133. The van der Waals surface area contributed by atoms with Crippen LogP contribution in [0.5, 0.6) is 0 Å². The Morgan fingerprint density at radius 2 is 2.04 bits per heavy atom. The molecule has 0 unspecified atom stereocenters. The molecule has 0 fully saturated rings. The number of carbonyl (C=O) groups excluding carboxylic acids is 1. The van der Waals surface area contributed by atoms with Crippen LogP contribution in [0.1, 0.15) is 35.0 Å². The summed E-state index contributed by atoms with van der Waals surface area (Å²) in [5.74, 6) is -0.454. The van der Waals surface area contributed by atoms with Gasteiger partial charge in [-0.15, -0.1) is 0 Å². The summed E-state index contributed by atoms with van der Waals surface area (Å²) in [6, 6.07) is 5.59. The molecule has 1 aromatic heterocycles. The molecule has 0 aliphatic carbocycles. The van der Waals surface area contributed by atoms with Crippen molar-refractivity contribution in [1.82, 2.24) is 20.4 Å². The van der Waals surface area contributed by atoms with Gasteiger partial charge in [-0.3, -0.25) is 4.68 Å². The lowest BCUT2D eigenvalue weighted by Gasteiger charge is -2.09. The van der Waals surface area contributed by atoms with Gasteiger partial charge in [0, 0.05) is 36.5 Å². The number of halogens is 1. The molecule has 6 nitrogen and oxygen atoms in total. The van der Waals surface area contributed by atoms with Crippen LogP contribution in [0.4, 0.5) is 9.18 Å². The number of aromatic nitrogens is 2. The van der Waals surface area contributed by atoms with E-state index in [-0.39, 0.29) is 12.1 Å². The molecule has 24 heavy (non-hydrogen) atoms. The van der Waals surface area contributed by atoms with Crippen molar-refractivity contribution in [2.45, 2.75) is 40.4 Å². The molecule has 2 N–H and O–H groups in total. The van der Waals surface area contributed by atoms with Crippen LogP contribution >= 0.6 is 0 Å². The maximum Gasteiger partial charge on any atom is 0.315 e. The molecule has 0 spiro atoms. The average Bonchev–Trinajstić information content (AvgIpc) is 2.85. The summed E-state index contributed by atoms with van der Waals surface area (Å²) in [7, 11) is 0. The van der Waals surface area contributed by atoms with Gasteiger partial charge in [-0.25, -0.2) is 9.18 Å². The molecule has 1 aromatic carbocycles. The highest BCUT2D eigenvalue weighted by Crippen LogP contribution is 2.13. The Morgan fingerprint density at radius 3 is 2.67 bits per heavy atom. The Hall–Kier alpha value is -2.88. The van der Waals surface area contributed by atoms with Crippen LogP contribution < -0.4 is 10.6 Å². The van der Waals surface area contributed by atoms with Gasteiger partial charge in [-0.1, -0.05) is 0 Å². The lowest BCUT2D eigenvalue weighted by atomic mass is 10.1. The van der Waals surface area contributed by atoms with Crippen molar-refractivity contribution in [3.63, 3.8) is 0 Å². The molecule has 0 aliphatic heterocycles. The zero-order valence-electron chi connectivity index (χ0n) is 14.0. The van der Waals surface area contributed by atoms with Crippen LogP contribution in [0.25, 0.3) is 0 Å². The van der Waals surface area contributed by atoms with Gasteiger partial charge in [0.2, 0.25) is 0 Å². The Labute approximate surface area is 140 Å². The van der Waals surface area contributed by atoms with Crippen molar-refractivity contribution in [1.29, 1.82) is 5.26 Å². The fraction of sp³-hybridized carbons (Fsp3) is 0.353. The first-order chi connectivity index (χ1) is 11.5. The van der Waals surface area contributed by atoms with Crippen molar-refractivity contribution >= 4 is 6.03 Å². The maximum atomic E-state index is 13.7. The molecule has 2 amide bonds. The second-order valence-corrected chi connectivity index (χ2v) is 5.42. The summed E-state index contributed by atoms with van der Waals surface area (Å²) in [6.45, 7) is 7.00. The normalized spacial score (nSPS) is 10.3. The van der Waals surface area contributed by atoms with E-state index in [0.717, 1.165) is 23.5 Å². The lowest BCUT2D eigenvalue weighted by molar-refractivity contribution is 0.240. The first-order valence-corrected chi connectivity index (χ1v) is 7.69. The highest BCUT2D eigenvalue weighted by atomic mass is 19.1. The van der Waals surface area contributed by atoms with Crippen LogP contribution in [0, 0.1) is 31.0 Å². The lowest BCUT2D eigenvalue weighted by Crippen LogP contribution is -2.35. The number of amides is 2. The van der Waals surface area contributed by atoms with E-state index >= 15 is 0 Å². The van der Waals surface area contributed by atoms with E-state index in [1.807, 2.05) is 31.5 Å². The summed E-state index contributed by atoms with van der Waals surface area (Å²) in [5, 5.41) is 18.6. The molecule has 126 valence electrons. The summed E-state index contributed by atoms with van der Waals surface area (Å²) < 4.78 is 15.5. The highest BCUT2D eigenvalue weighted by molar-refractivity contribution is 5.73. The van der Waals surface area contributed by atoms with E-state index in [2.05, 4.69) is 15.7 Å². The first-order valence-electron chi connectivity index (χ1n) is 7.69. The van der Waals surface area contributed by atoms with Crippen LogP contribution in [-0.2, 0) is 19.6 Å². The number of urea groups is 1. The maximum absolute atomic E-state index is 13.7. The Morgan fingerprint density at radius 1 is 1.33 bits per heavy atom. The van der Waals surface area contributed by atoms with Gasteiger partial charge in [0.25, 0.3) is 0 Å². The second kappa shape index (κ2) is 7.59. The smallest absolute Gasteiger partial charge is 0.315 e. The number of hydrogen-bond acceptors (Lipinski definition) is 3. The van der Waals surface area contributed by atoms with E-state index in [4.69, 9.17) is 5.26 Å². The summed E-state index contributed by atoms with van der Waals surface area (Å²) >= 11 is 0. The third-order valence-corrected chi connectivity index (χ3v) is 3.87. The van der Waals surface area contributed by atoms with E-state index in [9.17, 15) is 9.18 Å². The van der Waals surface area contributed by atoms with E-state index in [0.29, 0.717) is 12.1 Å². The van der Waals surface area contributed by atoms with Gasteiger partial charge in [0.15, 0.2) is 0 Å². The number of aryl methyl sites for hydroxylation is 2. The Bertz CT molecular complexity index is 791. The topological polar surface area (TPSA) is 82.7 Å². The van der Waals surface area contributed by atoms with Crippen molar-refractivity contribution in [2.75, 3.05) is 0 Å². The fourth-order valence-corrected chi connectivity index (χ4v) is 2.48. The predicted molar refractivity (Wildman–Crippen MR) is 87.6 cm³/mol. The van der Waals surface area contributed by atoms with Gasteiger partial charge in [-0.05, 0) is 39.0 Å². The zero-order chi connectivity index (χ0) is 17.7. The molecule has 7 heteroatoms. The molecule has 1 heterocycles. The average molecular weight is 329 g/mol. The predicted octanol–water partition coefficient (Wildman–Crippen LogP) is 2.53. The van der Waals surface area contributed by atoms with E-state index in [1.165, 1.54) is 18.2 Å². The number of nitrogens with zero attached hydrogens (tertiary/aromatic N) is 3. The number of hydrogen-bond donors (Lipinski definition) is 2. The quantitative estimate of drug-likeness (QED) is 0.884. The monoisotopic (exact) mass is 329 g/mol. The van der Waals surface area contributed by atoms with Crippen LogP contribution in [0.3, 0.4) is 0 Å². The largest absolute Gasteiger partial charge is 0.334 e. The number of nitriles is 1. The molecule has 2 rings (SSSR count). The summed E-state index contributed by atoms with van der Waals surface area (Å²) in [4.78, 5) is 11.9. The fourth-order valence-electron chi connectivity index (χ4n) is 2.48. The van der Waals surface area contributed by atoms with Gasteiger partial charge in [0.1, 0.15) is 5.82 Å². The third kappa shape index (κ3) is 3.90. The number of nitrogens with one attached hydrogen (secondary N) is 2. The van der Waals surface area contributed by atoms with Gasteiger partial charge in [-0.2, -0.15) is 10.4 Å². The number of benzene rings is 1. The van der Waals surface area contributed by atoms with Crippen LogP contribution in [0.15, 0.2) is 18.2 Å². The molecular weight excluding hydrogens is 309 g/mol. The standard InChI is InChI=1S/C17H20FN5O/c1-4-23-12(3)15(11(2)22-23)10-21-17(24)20-9-14-7-13(8-19)5-6-16(14)18/h5-7H,4,9-10H2,1-3H3,(H2,20,21,24). The minimum atomic E-state index is -0.454. The van der Waals surface area contributed by atoms with Crippen molar-refractivity contribution in [3.05, 3.63) is 52.1 Å². The summed E-state index contributed by atoms with van der Waals surface area (Å²) in [5.41, 5.74) is 3.50. The van der Waals surface area contributed by atoms with Crippen LogP contribution in [0.2, 0.25) is 0 Å². The first kappa shape index (κ1) is 17.5. The van der Waals surface area contributed by atoms with Crippen molar-refractivity contribution in [3.8, 4) is 6.07 Å². The second-order valence-electron chi connectivity index (χ2n) is 5.42. The summed E-state index contributed by atoms with van der Waals surface area (Å²) in [6.07, 6.45) is 0. The molecule has 2 aromatic rings. The molecule has 0 bridgehead atoms. The molecular formula is C17H20FN5O.